The van der Waals surface area contributed by atoms with E-state index in [2.05, 4.69) is 209 Å². The molecule has 0 spiro atoms. The molecule has 370 valence electrons. The monoisotopic (exact) mass is 971 g/mol. The second kappa shape index (κ2) is 13.8. The summed E-state index contributed by atoms with van der Waals surface area (Å²) >= 11 is 0. The van der Waals surface area contributed by atoms with E-state index in [1.54, 1.807) is 0 Å². The summed E-state index contributed by atoms with van der Waals surface area (Å²) in [5.41, 5.74) is 23.2. The predicted molar refractivity (Wildman–Crippen MR) is 312 cm³/mol. The summed E-state index contributed by atoms with van der Waals surface area (Å²) in [6.45, 7) is 32.9. The summed E-state index contributed by atoms with van der Waals surface area (Å²) in [6, 6.07) is 40.0. The molecule has 6 heterocycles. The highest BCUT2D eigenvalue weighted by Crippen LogP contribution is 2.56. The molecule has 0 atom stereocenters. The molecule has 4 aliphatic rings. The SMILES string of the molecule is CC(C)(C)c1ccc(N2B3c4oc5cc6c(cc5c4-n4c5ccc(C(C)(C)C)cc5c5c7oc8ccccc8c7c(c3c54)-c3cc4oc5cc7c(cc5c4cc32)C(C)(C)CCC7(C)C)C(C)(C)CCC6(C)C)cc1. The zero-order valence-electron chi connectivity index (χ0n) is 45.8. The minimum atomic E-state index is -0.332. The Kier molecular flexibility index (Phi) is 8.35. The van der Waals surface area contributed by atoms with Crippen molar-refractivity contribution < 1.29 is 13.3 Å². The minimum absolute atomic E-state index is 0.00658. The number of para-hydroxylation sites is 1. The summed E-state index contributed by atoms with van der Waals surface area (Å²) in [7, 11) is 0. The Balaban J connectivity index is 1.16. The van der Waals surface area contributed by atoms with Crippen LogP contribution in [0, 0.1) is 0 Å². The lowest BCUT2D eigenvalue weighted by molar-refractivity contribution is 0.332. The Morgan fingerprint density at radius 1 is 0.486 bits per heavy atom. The van der Waals surface area contributed by atoms with Gasteiger partial charge in [-0.05, 0) is 169 Å². The van der Waals surface area contributed by atoms with Crippen LogP contribution in [-0.4, -0.2) is 11.4 Å². The zero-order valence-corrected chi connectivity index (χ0v) is 45.8. The Labute approximate surface area is 435 Å². The first kappa shape index (κ1) is 44.8. The molecular weight excluding hydrogens is 904 g/mol. The molecule has 2 aliphatic heterocycles. The standard InChI is InChI=1S/C68H67BN2O3/c1-63(2,3)36-19-22-38(23-20-36)71-50-32-41-40-30-45-47(67(11,12)27-25-65(45,7)8)34-53(40)72-52(41)33-43(50)55-56-39-17-15-16-18-51(39)73-61(56)57-42-29-37(64(4,5)6)21-24-49(42)70-59-44-31-46-48(68(13,14)28-26-66(46,9)10)35-54(44)74-62(59)69(71)58(55)60(57)70/h15-24,29-35H,25-28H2,1-14H3. The number of hydrogen-bond acceptors (Lipinski definition) is 4. The highest BCUT2D eigenvalue weighted by molar-refractivity contribution is 6.93. The third-order valence-corrected chi connectivity index (χ3v) is 19.2. The number of aromatic nitrogens is 1. The van der Waals surface area contributed by atoms with Crippen LogP contribution in [-0.2, 0) is 32.5 Å². The molecule has 4 aromatic heterocycles. The molecule has 2 aliphatic carbocycles. The molecule has 15 rings (SSSR count). The molecule has 0 radical (unpaired) electrons. The Morgan fingerprint density at radius 2 is 1.04 bits per heavy atom. The molecule has 0 bridgehead atoms. The van der Waals surface area contributed by atoms with E-state index in [0.29, 0.717) is 0 Å². The van der Waals surface area contributed by atoms with E-state index in [9.17, 15) is 0 Å². The molecule has 0 amide bonds. The normalized spacial score (nSPS) is 18.3. The van der Waals surface area contributed by atoms with Crippen molar-refractivity contribution >= 4 is 106 Å². The van der Waals surface area contributed by atoms with Gasteiger partial charge in [0.1, 0.15) is 33.6 Å². The molecule has 5 nitrogen and oxygen atoms in total. The summed E-state index contributed by atoms with van der Waals surface area (Å²) in [4.78, 5) is 2.64. The molecule has 0 saturated heterocycles. The highest BCUT2D eigenvalue weighted by Gasteiger charge is 2.50. The second-order valence-corrected chi connectivity index (χ2v) is 27.8. The van der Waals surface area contributed by atoms with Crippen LogP contribution >= 0.6 is 0 Å². The van der Waals surface area contributed by atoms with Crippen LogP contribution < -0.4 is 15.9 Å². The average molecular weight is 971 g/mol. The van der Waals surface area contributed by atoms with Gasteiger partial charge in [-0.25, -0.2) is 0 Å². The van der Waals surface area contributed by atoms with Crippen LogP contribution in [0.5, 0.6) is 0 Å². The first-order chi connectivity index (χ1) is 34.9. The number of rotatable bonds is 1. The molecule has 6 heteroatoms. The van der Waals surface area contributed by atoms with Gasteiger partial charge in [-0.1, -0.05) is 133 Å². The lowest BCUT2D eigenvalue weighted by atomic mass is 9.46. The van der Waals surface area contributed by atoms with Crippen LogP contribution in [0.3, 0.4) is 0 Å². The summed E-state index contributed by atoms with van der Waals surface area (Å²) in [5.74, 6) is 0. The number of furan rings is 3. The molecule has 0 fully saturated rings. The van der Waals surface area contributed by atoms with Gasteiger partial charge in [0.25, 0.3) is 0 Å². The fourth-order valence-corrected chi connectivity index (χ4v) is 14.5. The van der Waals surface area contributed by atoms with E-state index >= 15 is 0 Å². The maximum absolute atomic E-state index is 7.76. The third kappa shape index (κ3) is 5.73. The average Bonchev–Trinajstić information content (AvgIpc) is 4.16. The van der Waals surface area contributed by atoms with Crippen molar-refractivity contribution in [2.24, 2.45) is 0 Å². The maximum atomic E-state index is 7.76. The highest BCUT2D eigenvalue weighted by atomic mass is 16.3. The van der Waals surface area contributed by atoms with Crippen LogP contribution in [0.15, 0.2) is 116 Å². The molecule has 0 saturated carbocycles. The van der Waals surface area contributed by atoms with Gasteiger partial charge in [0.05, 0.1) is 22.1 Å². The van der Waals surface area contributed by atoms with Crippen molar-refractivity contribution in [3.8, 4) is 16.8 Å². The van der Waals surface area contributed by atoms with E-state index in [4.69, 9.17) is 13.3 Å². The van der Waals surface area contributed by atoms with Crippen molar-refractivity contribution in [3.05, 3.63) is 137 Å². The Bertz CT molecular complexity index is 4340. The van der Waals surface area contributed by atoms with E-state index in [1.807, 2.05) is 0 Å². The molecular formula is C68H67BN2O3. The molecule has 0 unspecified atom stereocenters. The largest absolute Gasteiger partial charge is 0.466 e. The smallest absolute Gasteiger partial charge is 0.376 e. The van der Waals surface area contributed by atoms with Crippen LogP contribution in [0.4, 0.5) is 11.4 Å². The van der Waals surface area contributed by atoms with Gasteiger partial charge in [-0.15, -0.1) is 0 Å². The zero-order chi connectivity index (χ0) is 51.3. The molecule has 74 heavy (non-hydrogen) atoms. The van der Waals surface area contributed by atoms with Crippen molar-refractivity contribution in [1.29, 1.82) is 0 Å². The number of benzene rings is 7. The Hall–Kier alpha value is -6.66. The fourth-order valence-electron chi connectivity index (χ4n) is 14.5. The van der Waals surface area contributed by atoms with Crippen molar-refractivity contribution in [2.75, 3.05) is 4.81 Å². The number of fused-ring (bicyclic) bond motifs is 20. The molecule has 11 aromatic rings. The first-order valence-corrected chi connectivity index (χ1v) is 27.4. The fraction of sp³-hybridized carbons (Fsp3) is 0.353. The van der Waals surface area contributed by atoms with Crippen LogP contribution in [0.2, 0.25) is 0 Å². The van der Waals surface area contributed by atoms with Gasteiger partial charge in [-0.3, -0.25) is 0 Å². The van der Waals surface area contributed by atoms with E-state index in [1.165, 1.54) is 66.1 Å². The lowest BCUT2D eigenvalue weighted by Gasteiger charge is -2.41. The van der Waals surface area contributed by atoms with Gasteiger partial charge in [0.15, 0.2) is 0 Å². The van der Waals surface area contributed by atoms with Crippen molar-refractivity contribution in [1.82, 2.24) is 4.57 Å². The minimum Gasteiger partial charge on any atom is -0.466 e. The van der Waals surface area contributed by atoms with Gasteiger partial charge in [0.2, 0.25) is 0 Å². The number of hydrogen-bond donors (Lipinski definition) is 0. The quantitative estimate of drug-likeness (QED) is 0.154. The van der Waals surface area contributed by atoms with Gasteiger partial charge in [0, 0.05) is 49.3 Å². The molecule has 7 aromatic carbocycles. The van der Waals surface area contributed by atoms with Gasteiger partial charge < -0.3 is 22.6 Å². The summed E-state index contributed by atoms with van der Waals surface area (Å²) in [5, 5.41) is 8.10. The van der Waals surface area contributed by atoms with Gasteiger partial charge >= 0.3 is 6.85 Å². The molecule has 0 N–H and O–H groups in total. The third-order valence-electron chi connectivity index (χ3n) is 19.2. The predicted octanol–water partition coefficient (Wildman–Crippen LogP) is 17.9. The van der Waals surface area contributed by atoms with E-state index in [-0.39, 0.29) is 39.3 Å². The van der Waals surface area contributed by atoms with Crippen molar-refractivity contribution in [3.63, 3.8) is 0 Å². The summed E-state index contributed by atoms with van der Waals surface area (Å²) in [6.07, 6.45) is 4.56. The van der Waals surface area contributed by atoms with E-state index < -0.39 is 0 Å². The first-order valence-electron chi connectivity index (χ1n) is 27.4. The lowest BCUT2D eigenvalue weighted by Crippen LogP contribution is -2.60. The second-order valence-electron chi connectivity index (χ2n) is 27.8. The van der Waals surface area contributed by atoms with Crippen molar-refractivity contribution in [2.45, 2.75) is 155 Å². The Morgan fingerprint density at radius 3 is 1.68 bits per heavy atom. The van der Waals surface area contributed by atoms with Crippen LogP contribution in [0.25, 0.3) is 93.5 Å². The van der Waals surface area contributed by atoms with E-state index in [0.717, 1.165) is 109 Å². The topological polar surface area (TPSA) is 47.6 Å². The van der Waals surface area contributed by atoms with Crippen LogP contribution in [0.1, 0.15) is 156 Å². The maximum Gasteiger partial charge on any atom is 0.376 e. The number of anilines is 2. The number of nitrogens with zero attached hydrogens (tertiary/aromatic N) is 2. The van der Waals surface area contributed by atoms with Gasteiger partial charge in [-0.2, -0.15) is 0 Å². The summed E-state index contributed by atoms with van der Waals surface area (Å²) < 4.78 is 24.9.